The summed E-state index contributed by atoms with van der Waals surface area (Å²) in [4.78, 5) is 35.2. The quantitative estimate of drug-likeness (QED) is 0.0604. The Morgan fingerprint density at radius 3 is 2.35 bits per heavy atom. The zero-order valence-corrected chi connectivity index (χ0v) is 23.2. The number of oxime groups is 2. The molecule has 0 aromatic heterocycles. The van der Waals surface area contributed by atoms with Gasteiger partial charge < -0.3 is 19.1 Å². The molecule has 0 atom stereocenters. The van der Waals surface area contributed by atoms with E-state index in [1.165, 1.54) is 27.6 Å². The zero-order valence-electron chi connectivity index (χ0n) is 22.4. The first-order valence-electron chi connectivity index (χ1n) is 12.0. The van der Waals surface area contributed by atoms with Gasteiger partial charge in [0.1, 0.15) is 30.7 Å². The lowest BCUT2D eigenvalue weighted by molar-refractivity contribution is -0.133. The van der Waals surface area contributed by atoms with Crippen LogP contribution in [0.1, 0.15) is 39.5 Å². The number of rotatable bonds is 10. The van der Waals surface area contributed by atoms with Crippen molar-refractivity contribution in [2.45, 2.75) is 13.5 Å². The Balaban J connectivity index is 1.75. The highest BCUT2D eigenvalue weighted by Crippen LogP contribution is 2.22. The van der Waals surface area contributed by atoms with E-state index in [9.17, 15) is 9.59 Å². The van der Waals surface area contributed by atoms with Gasteiger partial charge in [-0.3, -0.25) is 4.79 Å². The summed E-state index contributed by atoms with van der Waals surface area (Å²) in [6, 6.07) is 20.9. The third-order valence-corrected chi connectivity index (χ3v) is 5.70. The van der Waals surface area contributed by atoms with Crippen LogP contribution in [0.25, 0.3) is 5.57 Å². The second-order valence-electron chi connectivity index (χ2n) is 8.16. The Hall–Kier alpha value is -4.87. The molecule has 0 radical (unpaired) electrons. The van der Waals surface area contributed by atoms with Crippen LogP contribution in [0.3, 0.4) is 0 Å². The van der Waals surface area contributed by atoms with Crippen LogP contribution in [0, 0.1) is 11.8 Å². The molecule has 0 saturated carbocycles. The Bertz CT molecular complexity index is 1510. The van der Waals surface area contributed by atoms with E-state index in [-0.39, 0.29) is 18.0 Å². The fraction of sp³-hybridized carbons (Fsp3) is 0.161. The van der Waals surface area contributed by atoms with E-state index in [1.54, 1.807) is 67.6 Å². The number of halogens is 1. The average Bonchev–Trinajstić information content (AvgIpc) is 2.97. The van der Waals surface area contributed by atoms with Crippen LogP contribution in [0.4, 0.5) is 0 Å². The fourth-order valence-electron chi connectivity index (χ4n) is 3.56. The molecule has 0 aliphatic rings. The minimum atomic E-state index is -0.537. The van der Waals surface area contributed by atoms with Crippen LogP contribution in [0.15, 0.2) is 89.4 Å². The minimum absolute atomic E-state index is 0.0704. The molecule has 204 valence electrons. The summed E-state index contributed by atoms with van der Waals surface area (Å²) in [6.45, 7) is 1.80. The summed E-state index contributed by atoms with van der Waals surface area (Å²) >= 11 is 5.95. The van der Waals surface area contributed by atoms with Crippen molar-refractivity contribution in [1.29, 1.82) is 0 Å². The molecule has 0 N–H and O–H groups in total. The van der Waals surface area contributed by atoms with Crippen molar-refractivity contribution in [1.82, 2.24) is 0 Å². The normalized spacial score (nSPS) is 11.7. The second kappa shape index (κ2) is 14.9. The summed E-state index contributed by atoms with van der Waals surface area (Å²) in [7, 11) is 4.18. The van der Waals surface area contributed by atoms with Crippen molar-refractivity contribution in [2.75, 3.05) is 21.3 Å². The van der Waals surface area contributed by atoms with Crippen LogP contribution >= 0.6 is 11.6 Å². The van der Waals surface area contributed by atoms with Crippen molar-refractivity contribution in [3.8, 4) is 11.8 Å². The van der Waals surface area contributed by atoms with Crippen LogP contribution in [-0.2, 0) is 30.6 Å². The predicted octanol–water partition coefficient (Wildman–Crippen LogP) is 5.68. The van der Waals surface area contributed by atoms with Gasteiger partial charge in [0.15, 0.2) is 0 Å². The molecule has 3 aromatic rings. The van der Waals surface area contributed by atoms with E-state index in [0.29, 0.717) is 44.3 Å². The Morgan fingerprint density at radius 2 is 1.68 bits per heavy atom. The molecular formula is C31H27ClN2O6. The topological polar surface area (TPSA) is 95.8 Å². The van der Waals surface area contributed by atoms with E-state index in [0.717, 1.165) is 0 Å². The number of methoxy groups -OCH3 is 2. The Kier molecular flexibility index (Phi) is 11.1. The number of carbonyl (C=O) groups is 2. The van der Waals surface area contributed by atoms with Crippen molar-refractivity contribution >= 4 is 40.3 Å². The Labute approximate surface area is 237 Å². The van der Waals surface area contributed by atoms with E-state index in [1.807, 2.05) is 12.1 Å². The van der Waals surface area contributed by atoms with Gasteiger partial charge in [-0.15, -0.1) is 0 Å². The molecule has 0 fully saturated rings. The van der Waals surface area contributed by atoms with E-state index < -0.39 is 5.97 Å². The summed E-state index contributed by atoms with van der Waals surface area (Å²) in [5, 5.41) is 8.77. The summed E-state index contributed by atoms with van der Waals surface area (Å²) < 4.78 is 9.92. The minimum Gasteiger partial charge on any atom is -0.503 e. The van der Waals surface area contributed by atoms with Gasteiger partial charge in [0, 0.05) is 27.3 Å². The average molecular weight is 559 g/mol. The van der Waals surface area contributed by atoms with Gasteiger partial charge in [-0.2, -0.15) is 0 Å². The molecule has 8 nitrogen and oxygen atoms in total. The molecule has 9 heteroatoms. The largest absolute Gasteiger partial charge is 0.503 e. The van der Waals surface area contributed by atoms with E-state index in [4.69, 9.17) is 30.7 Å². The van der Waals surface area contributed by atoms with Crippen molar-refractivity contribution in [2.24, 2.45) is 10.3 Å². The highest BCUT2D eigenvalue weighted by atomic mass is 35.5. The van der Waals surface area contributed by atoms with Crippen LogP contribution < -0.4 is 0 Å². The predicted molar refractivity (Wildman–Crippen MR) is 154 cm³/mol. The van der Waals surface area contributed by atoms with E-state index >= 15 is 0 Å². The molecule has 0 amide bonds. The van der Waals surface area contributed by atoms with Gasteiger partial charge in [-0.25, -0.2) is 4.79 Å². The molecule has 40 heavy (non-hydrogen) atoms. The van der Waals surface area contributed by atoms with E-state index in [2.05, 4.69) is 22.2 Å². The number of ketones is 1. The van der Waals surface area contributed by atoms with Gasteiger partial charge in [0.25, 0.3) is 0 Å². The second-order valence-corrected chi connectivity index (χ2v) is 8.59. The van der Waals surface area contributed by atoms with Gasteiger partial charge in [0.05, 0.1) is 20.5 Å². The Morgan fingerprint density at radius 1 is 0.925 bits per heavy atom. The van der Waals surface area contributed by atoms with Gasteiger partial charge in [0.2, 0.25) is 5.78 Å². The molecule has 0 unspecified atom stereocenters. The molecule has 3 rings (SSSR count). The van der Waals surface area contributed by atoms with Gasteiger partial charge >= 0.3 is 5.97 Å². The summed E-state index contributed by atoms with van der Waals surface area (Å²) in [6.07, 6.45) is 1.32. The number of hydrogen-bond donors (Lipinski definition) is 0. The fourth-order valence-corrected chi connectivity index (χ4v) is 3.75. The first-order chi connectivity index (χ1) is 19.4. The first-order valence-corrected chi connectivity index (χ1v) is 12.4. The number of nitrogens with zero attached hydrogens (tertiary/aromatic N) is 2. The maximum atomic E-state index is 12.3. The number of Topliss-reactive ketones (excluding diaryl/α,β-unsaturated/α-hetero) is 1. The first kappa shape index (κ1) is 29.7. The standard InChI is InChI=1S/C31H27ClN2O6/c1-21(33-40-19-25-8-5-6-11-27(25)28(20-37-2)31(36)38-3)30(34-39-4)23-15-12-22(13-16-23)14-17-29(35)24-9-7-10-26(32)18-24/h5-13,15-16,18,20H,19H2,1-4H3/b28-20?,33-21+,34-30-. The molecular weight excluding hydrogens is 532 g/mol. The van der Waals surface area contributed by atoms with Crippen molar-refractivity contribution in [3.63, 3.8) is 0 Å². The SMILES string of the molecule is COC=C(C(=O)OC)c1ccccc1CO/N=C(C)/C(=N/OC)c1ccc(C#CC(=O)c2cccc(Cl)c2)cc1. The van der Waals surface area contributed by atoms with Crippen LogP contribution in [-0.4, -0.2) is 44.5 Å². The number of carbonyl (C=O) groups excluding carboxylic acids is 2. The lowest BCUT2D eigenvalue weighted by atomic mass is 10.0. The smallest absolute Gasteiger partial charge is 0.341 e. The highest BCUT2D eigenvalue weighted by molar-refractivity contribution is 6.47. The lowest BCUT2D eigenvalue weighted by Crippen LogP contribution is -2.13. The van der Waals surface area contributed by atoms with Gasteiger partial charge in [-0.05, 0) is 42.7 Å². The van der Waals surface area contributed by atoms with Crippen LogP contribution in [0.5, 0.6) is 0 Å². The molecule has 0 spiro atoms. The zero-order chi connectivity index (χ0) is 28.9. The van der Waals surface area contributed by atoms with Crippen molar-refractivity contribution < 1.29 is 28.7 Å². The van der Waals surface area contributed by atoms with Gasteiger partial charge in [-0.1, -0.05) is 76.4 Å². The third kappa shape index (κ3) is 8.06. The molecule has 0 aliphatic heterocycles. The number of ether oxygens (including phenoxy) is 2. The summed E-state index contributed by atoms with van der Waals surface area (Å²) in [5.74, 6) is 4.63. The molecule has 3 aromatic carbocycles. The van der Waals surface area contributed by atoms with Crippen LogP contribution in [0.2, 0.25) is 5.02 Å². The maximum Gasteiger partial charge on any atom is 0.341 e. The number of hydrogen-bond acceptors (Lipinski definition) is 8. The molecule has 0 aliphatic carbocycles. The molecule has 0 saturated heterocycles. The maximum absolute atomic E-state index is 12.3. The lowest BCUT2D eigenvalue weighted by Gasteiger charge is -2.11. The molecule has 0 bridgehead atoms. The highest BCUT2D eigenvalue weighted by Gasteiger charge is 2.17. The van der Waals surface area contributed by atoms with Crippen molar-refractivity contribution in [3.05, 3.63) is 112 Å². The third-order valence-electron chi connectivity index (χ3n) is 5.46. The number of benzene rings is 3. The summed E-state index contributed by atoms with van der Waals surface area (Å²) in [5.41, 5.74) is 4.22. The molecule has 0 heterocycles. The number of esters is 1. The monoisotopic (exact) mass is 558 g/mol.